The second kappa shape index (κ2) is 6.23. The molecule has 3 heterocycles. The lowest BCUT2D eigenvalue weighted by atomic mass is 10.2. The molecule has 0 unspecified atom stereocenters. The van der Waals surface area contributed by atoms with Crippen molar-refractivity contribution < 1.29 is 9.59 Å². The van der Waals surface area contributed by atoms with Crippen molar-refractivity contribution in [3.8, 4) is 0 Å². The first-order valence-electron chi connectivity index (χ1n) is 7.09. The van der Waals surface area contributed by atoms with E-state index in [1.54, 1.807) is 37.8 Å². The monoisotopic (exact) mass is 316 g/mol. The Balaban J connectivity index is 1.83. The summed E-state index contributed by atoms with van der Waals surface area (Å²) in [7, 11) is 1.59. The van der Waals surface area contributed by atoms with E-state index in [0.29, 0.717) is 17.0 Å². The van der Waals surface area contributed by atoms with Gasteiger partial charge in [-0.25, -0.2) is 4.98 Å². The molecular weight excluding hydrogens is 300 g/mol. The average Bonchev–Trinajstić information content (AvgIpc) is 3.22. The predicted molar refractivity (Wildman–Crippen MR) is 82.8 cm³/mol. The minimum Gasteiger partial charge on any atom is -0.354 e. The van der Waals surface area contributed by atoms with Crippen LogP contribution in [0.5, 0.6) is 0 Å². The molecule has 7 heteroatoms. The molecule has 1 N–H and O–H groups in total. The van der Waals surface area contributed by atoms with Gasteiger partial charge >= 0.3 is 0 Å². The zero-order valence-corrected chi connectivity index (χ0v) is 13.0. The Hall–Kier alpha value is -2.28. The quantitative estimate of drug-likeness (QED) is 0.938. The molecule has 114 valence electrons. The molecule has 0 bridgehead atoms. The van der Waals surface area contributed by atoms with Crippen LogP contribution in [0.4, 0.5) is 0 Å². The van der Waals surface area contributed by atoms with Gasteiger partial charge in [0, 0.05) is 31.5 Å². The van der Waals surface area contributed by atoms with Gasteiger partial charge in [0.15, 0.2) is 0 Å². The number of nitrogens with zero attached hydrogens (tertiary/aromatic N) is 3. The van der Waals surface area contributed by atoms with Gasteiger partial charge in [-0.1, -0.05) is 0 Å². The highest BCUT2D eigenvalue weighted by Crippen LogP contribution is 2.35. The van der Waals surface area contributed by atoms with Crippen molar-refractivity contribution in [1.82, 2.24) is 20.2 Å². The molecule has 1 aliphatic rings. The molecule has 0 radical (unpaired) electrons. The van der Waals surface area contributed by atoms with Gasteiger partial charge in [0.05, 0.1) is 12.2 Å². The van der Waals surface area contributed by atoms with E-state index in [1.807, 2.05) is 4.90 Å². The molecule has 0 spiro atoms. The normalized spacial score (nSPS) is 17.5. The maximum atomic E-state index is 12.6. The van der Waals surface area contributed by atoms with Crippen molar-refractivity contribution in [2.45, 2.75) is 18.9 Å². The Bertz CT molecular complexity index is 686. The van der Waals surface area contributed by atoms with Gasteiger partial charge in [-0.3, -0.25) is 14.6 Å². The maximum absolute atomic E-state index is 12.6. The van der Waals surface area contributed by atoms with Gasteiger partial charge in [-0.05, 0) is 25.0 Å². The number of nitrogens with one attached hydrogen (secondary N) is 1. The van der Waals surface area contributed by atoms with Gasteiger partial charge in [0.25, 0.3) is 11.8 Å². The second-order valence-electron chi connectivity index (χ2n) is 5.03. The molecule has 0 aliphatic carbocycles. The number of carbonyl (C=O) groups is 2. The lowest BCUT2D eigenvalue weighted by Crippen LogP contribution is -2.30. The Morgan fingerprint density at radius 3 is 2.86 bits per heavy atom. The molecule has 0 saturated carbocycles. The van der Waals surface area contributed by atoms with Gasteiger partial charge in [0.2, 0.25) is 0 Å². The molecule has 2 aromatic rings. The van der Waals surface area contributed by atoms with E-state index in [1.165, 1.54) is 11.3 Å². The molecule has 1 aliphatic heterocycles. The van der Waals surface area contributed by atoms with Crippen LogP contribution in [0.25, 0.3) is 0 Å². The third-order valence-corrected chi connectivity index (χ3v) is 4.80. The summed E-state index contributed by atoms with van der Waals surface area (Å²) < 4.78 is 0. The molecule has 6 nitrogen and oxygen atoms in total. The fourth-order valence-electron chi connectivity index (χ4n) is 2.60. The first-order valence-corrected chi connectivity index (χ1v) is 7.91. The van der Waals surface area contributed by atoms with Crippen LogP contribution >= 0.6 is 11.3 Å². The summed E-state index contributed by atoms with van der Waals surface area (Å²) in [5, 5.41) is 3.41. The fraction of sp³-hybridized carbons (Fsp3) is 0.333. The second-order valence-corrected chi connectivity index (χ2v) is 6.10. The summed E-state index contributed by atoms with van der Waals surface area (Å²) in [4.78, 5) is 35.0. The van der Waals surface area contributed by atoms with Crippen molar-refractivity contribution in [1.29, 1.82) is 0 Å². The zero-order chi connectivity index (χ0) is 15.5. The number of rotatable bonds is 3. The standard InChI is InChI=1S/C15H16N4O2S/c1-16-13(20)12-9-18-14(22-12)11-3-2-8-19(11)15(21)10-4-6-17-7-5-10/h4-7,9,11H,2-3,8H2,1H3,(H,16,20)/t11-/m1/s1. The third-order valence-electron chi connectivity index (χ3n) is 3.70. The smallest absolute Gasteiger partial charge is 0.262 e. The number of amides is 2. The number of carbonyl (C=O) groups excluding carboxylic acids is 2. The number of hydrogen-bond acceptors (Lipinski definition) is 5. The van der Waals surface area contributed by atoms with Crippen molar-refractivity contribution in [3.05, 3.63) is 46.2 Å². The summed E-state index contributed by atoms with van der Waals surface area (Å²) in [6.07, 6.45) is 6.62. The molecule has 1 fully saturated rings. The Morgan fingerprint density at radius 2 is 2.14 bits per heavy atom. The Kier molecular flexibility index (Phi) is 4.15. The summed E-state index contributed by atoms with van der Waals surface area (Å²) in [6.45, 7) is 0.709. The van der Waals surface area contributed by atoms with Crippen LogP contribution in [0.3, 0.4) is 0 Å². The molecule has 2 aromatic heterocycles. The lowest BCUT2D eigenvalue weighted by molar-refractivity contribution is 0.0735. The molecule has 3 rings (SSSR count). The van der Waals surface area contributed by atoms with Gasteiger partial charge in [-0.15, -0.1) is 11.3 Å². The topological polar surface area (TPSA) is 75.2 Å². The van der Waals surface area contributed by atoms with Crippen molar-refractivity contribution >= 4 is 23.2 Å². The van der Waals surface area contributed by atoms with Gasteiger partial charge in [-0.2, -0.15) is 0 Å². The predicted octanol–water partition coefficient (Wildman–Crippen LogP) is 1.88. The molecular formula is C15H16N4O2S. The van der Waals surface area contributed by atoms with Gasteiger partial charge < -0.3 is 10.2 Å². The molecule has 0 aromatic carbocycles. The Labute approximate surface area is 132 Å². The molecule has 22 heavy (non-hydrogen) atoms. The van der Waals surface area contributed by atoms with Crippen LogP contribution in [0.2, 0.25) is 0 Å². The molecule has 1 atom stereocenters. The number of aromatic nitrogens is 2. The number of pyridine rings is 1. The van der Waals surface area contributed by atoms with E-state index in [-0.39, 0.29) is 17.9 Å². The highest BCUT2D eigenvalue weighted by atomic mass is 32.1. The van der Waals surface area contributed by atoms with E-state index in [4.69, 9.17) is 0 Å². The van der Waals surface area contributed by atoms with E-state index < -0.39 is 0 Å². The minimum absolute atomic E-state index is 0.0124. The maximum Gasteiger partial charge on any atom is 0.262 e. The fourth-order valence-corrected chi connectivity index (χ4v) is 3.61. The third kappa shape index (κ3) is 2.71. The SMILES string of the molecule is CNC(=O)c1cnc([C@H]2CCCN2C(=O)c2ccncc2)s1. The first-order chi connectivity index (χ1) is 10.7. The van der Waals surface area contributed by atoms with E-state index in [2.05, 4.69) is 15.3 Å². The Morgan fingerprint density at radius 1 is 1.36 bits per heavy atom. The molecule has 1 saturated heterocycles. The van der Waals surface area contributed by atoms with Crippen LogP contribution in [0.1, 0.15) is 43.9 Å². The van der Waals surface area contributed by atoms with Crippen molar-refractivity contribution in [3.63, 3.8) is 0 Å². The van der Waals surface area contributed by atoms with Crippen molar-refractivity contribution in [2.75, 3.05) is 13.6 Å². The summed E-state index contributed by atoms with van der Waals surface area (Å²) in [5.41, 5.74) is 0.630. The van der Waals surface area contributed by atoms with E-state index in [9.17, 15) is 9.59 Å². The van der Waals surface area contributed by atoms with E-state index in [0.717, 1.165) is 17.8 Å². The van der Waals surface area contributed by atoms with Gasteiger partial charge in [0.1, 0.15) is 9.88 Å². The lowest BCUT2D eigenvalue weighted by Gasteiger charge is -2.23. The van der Waals surface area contributed by atoms with Crippen molar-refractivity contribution in [2.24, 2.45) is 0 Å². The first kappa shape index (κ1) is 14.6. The summed E-state index contributed by atoms with van der Waals surface area (Å²) >= 11 is 1.35. The number of hydrogen-bond donors (Lipinski definition) is 1. The zero-order valence-electron chi connectivity index (χ0n) is 12.2. The summed E-state index contributed by atoms with van der Waals surface area (Å²) in [6, 6.07) is 3.38. The summed E-state index contributed by atoms with van der Waals surface area (Å²) in [5.74, 6) is -0.157. The average molecular weight is 316 g/mol. The van der Waals surface area contributed by atoms with E-state index >= 15 is 0 Å². The minimum atomic E-state index is -0.145. The molecule has 2 amide bonds. The van der Waals surface area contributed by atoms with Crippen LogP contribution in [-0.2, 0) is 0 Å². The largest absolute Gasteiger partial charge is 0.354 e. The van der Waals surface area contributed by atoms with Crippen LogP contribution in [0, 0.1) is 0 Å². The number of thiazole rings is 1. The number of likely N-dealkylation sites (tertiary alicyclic amines) is 1. The highest BCUT2D eigenvalue weighted by molar-refractivity contribution is 7.13. The van der Waals surface area contributed by atoms with Crippen LogP contribution in [-0.4, -0.2) is 40.3 Å². The highest BCUT2D eigenvalue weighted by Gasteiger charge is 2.32. The van der Waals surface area contributed by atoms with Crippen LogP contribution < -0.4 is 5.32 Å². The van der Waals surface area contributed by atoms with Crippen LogP contribution in [0.15, 0.2) is 30.7 Å².